The second kappa shape index (κ2) is 5.65. The standard InChI is InChI=1S/C20H38/c1-14-8-10-17(12-15(14)2)13-18-11-9-16(3)19(4,5)20(18,6)7/h14-18H,8-13H2,1-7H3. The molecule has 2 aliphatic carbocycles. The summed E-state index contributed by atoms with van der Waals surface area (Å²) in [5.74, 6) is 4.74. The minimum atomic E-state index is 0.490. The van der Waals surface area contributed by atoms with Crippen molar-refractivity contribution in [3.8, 4) is 0 Å². The van der Waals surface area contributed by atoms with Crippen LogP contribution in [0.2, 0.25) is 0 Å². The molecule has 0 amide bonds. The largest absolute Gasteiger partial charge is 0.0623 e. The molecule has 0 aliphatic heterocycles. The van der Waals surface area contributed by atoms with E-state index in [-0.39, 0.29) is 0 Å². The molecule has 0 N–H and O–H groups in total. The van der Waals surface area contributed by atoms with Crippen molar-refractivity contribution < 1.29 is 0 Å². The van der Waals surface area contributed by atoms with Crippen LogP contribution in [0, 0.1) is 40.4 Å². The molecule has 2 aliphatic rings. The van der Waals surface area contributed by atoms with Gasteiger partial charge >= 0.3 is 0 Å². The molecule has 0 aromatic heterocycles. The summed E-state index contributed by atoms with van der Waals surface area (Å²) in [5.41, 5.74) is 0.987. The molecular weight excluding hydrogens is 240 g/mol. The van der Waals surface area contributed by atoms with E-state index in [9.17, 15) is 0 Å². The van der Waals surface area contributed by atoms with E-state index in [1.807, 2.05) is 0 Å². The van der Waals surface area contributed by atoms with E-state index >= 15 is 0 Å². The van der Waals surface area contributed by atoms with E-state index in [1.165, 1.54) is 38.5 Å². The Bertz CT molecular complexity index is 325. The zero-order valence-electron chi connectivity index (χ0n) is 15.1. The van der Waals surface area contributed by atoms with Crippen LogP contribution >= 0.6 is 0 Å². The predicted octanol–water partition coefficient (Wildman–Crippen LogP) is 6.55. The molecule has 5 atom stereocenters. The fourth-order valence-electron chi connectivity index (χ4n) is 5.02. The molecule has 0 aromatic carbocycles. The molecule has 2 fully saturated rings. The Labute approximate surface area is 128 Å². The maximum absolute atomic E-state index is 2.56. The topological polar surface area (TPSA) is 0 Å². The van der Waals surface area contributed by atoms with Crippen LogP contribution in [0.5, 0.6) is 0 Å². The Kier molecular flexibility index (Phi) is 4.63. The van der Waals surface area contributed by atoms with Crippen LogP contribution in [0.4, 0.5) is 0 Å². The molecule has 0 aromatic rings. The molecule has 118 valence electrons. The van der Waals surface area contributed by atoms with Crippen molar-refractivity contribution in [2.45, 2.75) is 87.0 Å². The first kappa shape index (κ1) is 16.4. The summed E-state index contributed by atoms with van der Waals surface area (Å²) in [7, 11) is 0. The molecule has 0 nitrogen and oxygen atoms in total. The van der Waals surface area contributed by atoms with Gasteiger partial charge in [0, 0.05) is 0 Å². The van der Waals surface area contributed by atoms with Crippen molar-refractivity contribution >= 4 is 0 Å². The average molecular weight is 279 g/mol. The van der Waals surface area contributed by atoms with Gasteiger partial charge in [-0.15, -0.1) is 0 Å². The molecule has 0 heteroatoms. The van der Waals surface area contributed by atoms with Crippen LogP contribution in [-0.4, -0.2) is 0 Å². The van der Waals surface area contributed by atoms with Crippen molar-refractivity contribution in [2.75, 3.05) is 0 Å². The minimum absolute atomic E-state index is 0.490. The van der Waals surface area contributed by atoms with E-state index in [0.29, 0.717) is 10.8 Å². The third-order valence-electron chi connectivity index (χ3n) is 8.19. The third-order valence-corrected chi connectivity index (χ3v) is 8.19. The van der Waals surface area contributed by atoms with Gasteiger partial charge in [-0.3, -0.25) is 0 Å². The zero-order chi connectivity index (χ0) is 15.1. The second-order valence-corrected chi connectivity index (χ2v) is 9.49. The van der Waals surface area contributed by atoms with Crippen LogP contribution < -0.4 is 0 Å². The van der Waals surface area contributed by atoms with Crippen molar-refractivity contribution in [1.29, 1.82) is 0 Å². The predicted molar refractivity (Wildman–Crippen MR) is 89.7 cm³/mol. The molecule has 2 rings (SSSR count). The Morgan fingerprint density at radius 3 is 2.00 bits per heavy atom. The van der Waals surface area contributed by atoms with Crippen molar-refractivity contribution in [3.63, 3.8) is 0 Å². The summed E-state index contributed by atoms with van der Waals surface area (Å²) < 4.78 is 0. The Balaban J connectivity index is 2.02. The molecule has 0 saturated heterocycles. The maximum Gasteiger partial charge on any atom is -0.0272 e. The molecular formula is C20H38. The summed E-state index contributed by atoms with van der Waals surface area (Å²) in [6.07, 6.45) is 8.87. The van der Waals surface area contributed by atoms with Crippen LogP contribution in [-0.2, 0) is 0 Å². The van der Waals surface area contributed by atoms with Gasteiger partial charge in [0.2, 0.25) is 0 Å². The summed E-state index contributed by atoms with van der Waals surface area (Å²) in [4.78, 5) is 0. The fraction of sp³-hybridized carbons (Fsp3) is 1.00. The Morgan fingerprint density at radius 2 is 1.40 bits per heavy atom. The van der Waals surface area contributed by atoms with Gasteiger partial charge in [-0.05, 0) is 66.1 Å². The van der Waals surface area contributed by atoms with Gasteiger partial charge in [-0.1, -0.05) is 61.3 Å². The van der Waals surface area contributed by atoms with Gasteiger partial charge in [0.25, 0.3) is 0 Å². The summed E-state index contributed by atoms with van der Waals surface area (Å²) in [6.45, 7) is 17.6. The molecule has 0 heterocycles. The lowest BCUT2D eigenvalue weighted by atomic mass is 9.49. The van der Waals surface area contributed by atoms with E-state index in [2.05, 4.69) is 48.5 Å². The molecule has 2 saturated carbocycles. The highest BCUT2D eigenvalue weighted by atomic mass is 14.5. The summed E-state index contributed by atoms with van der Waals surface area (Å²) >= 11 is 0. The lowest BCUT2D eigenvalue weighted by molar-refractivity contribution is -0.0630. The third kappa shape index (κ3) is 2.81. The van der Waals surface area contributed by atoms with Crippen molar-refractivity contribution in [2.24, 2.45) is 40.4 Å². The van der Waals surface area contributed by atoms with E-state index in [0.717, 1.165) is 29.6 Å². The van der Waals surface area contributed by atoms with Crippen LogP contribution in [0.3, 0.4) is 0 Å². The number of hydrogen-bond acceptors (Lipinski definition) is 0. The molecule has 0 radical (unpaired) electrons. The zero-order valence-corrected chi connectivity index (χ0v) is 15.1. The normalized spacial score (nSPS) is 44.2. The molecule has 20 heavy (non-hydrogen) atoms. The Hall–Kier alpha value is 0. The minimum Gasteiger partial charge on any atom is -0.0623 e. The highest BCUT2D eigenvalue weighted by Gasteiger charge is 2.49. The molecule has 5 unspecified atom stereocenters. The highest BCUT2D eigenvalue weighted by Crippen LogP contribution is 2.58. The van der Waals surface area contributed by atoms with E-state index in [4.69, 9.17) is 0 Å². The van der Waals surface area contributed by atoms with Gasteiger partial charge in [0.1, 0.15) is 0 Å². The summed E-state index contributed by atoms with van der Waals surface area (Å²) in [5, 5.41) is 0. The van der Waals surface area contributed by atoms with Gasteiger partial charge in [-0.2, -0.15) is 0 Å². The van der Waals surface area contributed by atoms with Gasteiger partial charge in [0.05, 0.1) is 0 Å². The Morgan fingerprint density at radius 1 is 0.750 bits per heavy atom. The monoisotopic (exact) mass is 278 g/mol. The quantitative estimate of drug-likeness (QED) is 0.537. The van der Waals surface area contributed by atoms with Crippen molar-refractivity contribution in [1.82, 2.24) is 0 Å². The lowest BCUT2D eigenvalue weighted by Gasteiger charge is -2.56. The summed E-state index contributed by atoms with van der Waals surface area (Å²) in [6, 6.07) is 0. The van der Waals surface area contributed by atoms with Gasteiger partial charge in [0.15, 0.2) is 0 Å². The molecule has 0 bridgehead atoms. The second-order valence-electron chi connectivity index (χ2n) is 9.49. The smallest absolute Gasteiger partial charge is 0.0272 e. The van der Waals surface area contributed by atoms with E-state index < -0.39 is 0 Å². The van der Waals surface area contributed by atoms with Crippen LogP contribution in [0.25, 0.3) is 0 Å². The average Bonchev–Trinajstić information content (AvgIpc) is 2.36. The van der Waals surface area contributed by atoms with Gasteiger partial charge in [-0.25, -0.2) is 0 Å². The lowest BCUT2D eigenvalue weighted by Crippen LogP contribution is -2.47. The molecule has 0 spiro atoms. The van der Waals surface area contributed by atoms with Crippen molar-refractivity contribution in [3.05, 3.63) is 0 Å². The number of rotatable bonds is 2. The first-order valence-electron chi connectivity index (χ1n) is 9.16. The van der Waals surface area contributed by atoms with E-state index in [1.54, 1.807) is 0 Å². The maximum atomic E-state index is 2.56. The SMILES string of the molecule is CC1CCC(CC2CCC(C)C(C)(C)C2(C)C)CC1C. The first-order valence-corrected chi connectivity index (χ1v) is 9.16. The highest BCUT2D eigenvalue weighted by molar-refractivity contribution is 4.98. The first-order chi connectivity index (χ1) is 9.16. The van der Waals surface area contributed by atoms with Crippen LogP contribution in [0.1, 0.15) is 87.0 Å². The van der Waals surface area contributed by atoms with Gasteiger partial charge < -0.3 is 0 Å². The van der Waals surface area contributed by atoms with Crippen LogP contribution in [0.15, 0.2) is 0 Å². The number of hydrogen-bond donors (Lipinski definition) is 0. The fourth-order valence-corrected chi connectivity index (χ4v) is 5.02.